The Hall–Kier alpha value is -1.39. The first kappa shape index (κ1) is 47.6. The van der Waals surface area contributed by atoms with E-state index in [1.807, 2.05) is 0 Å². The fourth-order valence-electron chi connectivity index (χ4n) is 6.69. The summed E-state index contributed by atoms with van der Waals surface area (Å²) in [6.45, 7) is 9.57. The molecule has 0 aromatic heterocycles. The first-order valence-electron chi connectivity index (χ1n) is 21.8. The Labute approximate surface area is 305 Å². The average molecular weight is 693 g/mol. The maximum Gasteiger partial charge on any atom is 0.306 e. The number of ether oxygens (including phenoxy) is 2. The number of carbonyl (C=O) groups excluding carboxylic acids is 3. The van der Waals surface area contributed by atoms with E-state index in [-0.39, 0.29) is 18.0 Å². The zero-order valence-corrected chi connectivity index (χ0v) is 33.4. The van der Waals surface area contributed by atoms with E-state index in [1.54, 1.807) is 0 Å². The highest BCUT2D eigenvalue weighted by Gasteiger charge is 2.14. The van der Waals surface area contributed by atoms with Crippen molar-refractivity contribution in [2.75, 3.05) is 6.61 Å². The summed E-state index contributed by atoms with van der Waals surface area (Å²) in [5.74, 6) is 0.949. The Morgan fingerprint density at radius 2 is 0.776 bits per heavy atom. The topological polar surface area (TPSA) is 69.7 Å². The third-order valence-electron chi connectivity index (χ3n) is 10.2. The van der Waals surface area contributed by atoms with Gasteiger partial charge >= 0.3 is 11.9 Å². The zero-order chi connectivity index (χ0) is 36.0. The summed E-state index contributed by atoms with van der Waals surface area (Å²) < 4.78 is 11.4. The lowest BCUT2D eigenvalue weighted by molar-refractivity contribution is -0.150. The Morgan fingerprint density at radius 1 is 0.408 bits per heavy atom. The third-order valence-corrected chi connectivity index (χ3v) is 10.2. The average Bonchev–Trinajstić information content (AvgIpc) is 3.08. The molecule has 0 rings (SSSR count). The molecule has 0 bridgehead atoms. The Balaban J connectivity index is 3.79. The van der Waals surface area contributed by atoms with E-state index in [9.17, 15) is 14.4 Å². The minimum atomic E-state index is -0.0560. The fraction of sp³-hybridized carbons (Fsp3) is 0.932. The predicted octanol–water partition coefficient (Wildman–Crippen LogP) is 14.0. The molecule has 0 radical (unpaired) electrons. The van der Waals surface area contributed by atoms with Crippen molar-refractivity contribution in [1.82, 2.24) is 0 Å². The summed E-state index contributed by atoms with van der Waals surface area (Å²) in [7, 11) is 0. The molecule has 1 unspecified atom stereocenters. The molecule has 0 fully saturated rings. The first-order chi connectivity index (χ1) is 23.9. The molecule has 0 aliphatic rings. The van der Waals surface area contributed by atoms with Crippen LogP contribution in [0.25, 0.3) is 0 Å². The van der Waals surface area contributed by atoms with Crippen molar-refractivity contribution in [3.63, 3.8) is 0 Å². The standard InChI is InChI=1S/C44H84O5/c1-5-8-11-14-20-27-34-42(35-28-21-15-12-9-6-2)49-44(47)37-30-23-17-19-26-33-41(45)32-25-18-16-22-29-36-43(46)48-39-38-40(4)31-24-13-10-7-3/h40,42H,5-39H2,1-4H3. The van der Waals surface area contributed by atoms with Crippen LogP contribution in [0, 0.1) is 5.92 Å². The number of hydrogen-bond acceptors (Lipinski definition) is 5. The van der Waals surface area contributed by atoms with Gasteiger partial charge in [0, 0.05) is 25.7 Å². The van der Waals surface area contributed by atoms with Crippen LogP contribution < -0.4 is 0 Å². The molecule has 0 aromatic rings. The molecule has 0 saturated carbocycles. The van der Waals surface area contributed by atoms with Crippen molar-refractivity contribution < 1.29 is 23.9 Å². The number of Topliss-reactive ketones (excluding diaryl/α,β-unsaturated/α-hetero) is 1. The smallest absolute Gasteiger partial charge is 0.306 e. The van der Waals surface area contributed by atoms with Crippen LogP contribution in [-0.2, 0) is 23.9 Å². The number of hydrogen-bond donors (Lipinski definition) is 0. The lowest BCUT2D eigenvalue weighted by atomic mass is 10.00. The fourth-order valence-corrected chi connectivity index (χ4v) is 6.69. The van der Waals surface area contributed by atoms with Crippen LogP contribution in [0.2, 0.25) is 0 Å². The van der Waals surface area contributed by atoms with Gasteiger partial charge in [0.1, 0.15) is 11.9 Å². The van der Waals surface area contributed by atoms with E-state index in [2.05, 4.69) is 27.7 Å². The molecular weight excluding hydrogens is 608 g/mol. The summed E-state index contributed by atoms with van der Waals surface area (Å²) in [6, 6.07) is 0. The largest absolute Gasteiger partial charge is 0.466 e. The van der Waals surface area contributed by atoms with Crippen LogP contribution in [-0.4, -0.2) is 30.4 Å². The van der Waals surface area contributed by atoms with Crippen molar-refractivity contribution in [3.8, 4) is 0 Å². The lowest BCUT2D eigenvalue weighted by Crippen LogP contribution is -2.18. The van der Waals surface area contributed by atoms with Crippen LogP contribution >= 0.6 is 0 Å². The van der Waals surface area contributed by atoms with Gasteiger partial charge in [-0.2, -0.15) is 0 Å². The molecule has 0 spiro atoms. The molecule has 0 aliphatic heterocycles. The van der Waals surface area contributed by atoms with Gasteiger partial charge in [-0.3, -0.25) is 14.4 Å². The highest BCUT2D eigenvalue weighted by atomic mass is 16.5. The molecule has 5 heteroatoms. The highest BCUT2D eigenvalue weighted by molar-refractivity contribution is 5.78. The van der Waals surface area contributed by atoms with Crippen molar-refractivity contribution in [2.45, 2.75) is 252 Å². The second kappa shape index (κ2) is 37.9. The van der Waals surface area contributed by atoms with Crippen LogP contribution in [0.15, 0.2) is 0 Å². The second-order valence-electron chi connectivity index (χ2n) is 15.3. The number of esters is 2. The number of ketones is 1. The van der Waals surface area contributed by atoms with Crippen LogP contribution in [0.1, 0.15) is 246 Å². The maximum absolute atomic E-state index is 12.6. The zero-order valence-electron chi connectivity index (χ0n) is 33.4. The molecule has 49 heavy (non-hydrogen) atoms. The summed E-state index contributed by atoms with van der Waals surface area (Å²) >= 11 is 0. The highest BCUT2D eigenvalue weighted by Crippen LogP contribution is 2.19. The van der Waals surface area contributed by atoms with Crippen molar-refractivity contribution in [2.24, 2.45) is 5.92 Å². The monoisotopic (exact) mass is 693 g/mol. The molecule has 1 atom stereocenters. The van der Waals surface area contributed by atoms with Gasteiger partial charge < -0.3 is 9.47 Å². The van der Waals surface area contributed by atoms with Crippen LogP contribution in [0.4, 0.5) is 0 Å². The van der Waals surface area contributed by atoms with E-state index in [0.717, 1.165) is 83.5 Å². The SMILES string of the molecule is CCCCCCCCC(CCCCCCCC)OC(=O)CCCCCCCC(=O)CCCCCCCC(=O)OCCC(C)CCCCCC. The van der Waals surface area contributed by atoms with E-state index >= 15 is 0 Å². The quantitative estimate of drug-likeness (QED) is 0.0474. The number of unbranched alkanes of at least 4 members (excludes halogenated alkanes) is 21. The van der Waals surface area contributed by atoms with Gasteiger partial charge in [0.15, 0.2) is 0 Å². The first-order valence-corrected chi connectivity index (χ1v) is 21.8. The van der Waals surface area contributed by atoms with E-state index < -0.39 is 0 Å². The summed E-state index contributed by atoms with van der Waals surface area (Å²) in [5, 5.41) is 0. The van der Waals surface area contributed by atoms with E-state index in [1.165, 1.54) is 109 Å². The molecule has 290 valence electrons. The van der Waals surface area contributed by atoms with Crippen molar-refractivity contribution in [3.05, 3.63) is 0 Å². The number of rotatable bonds is 39. The maximum atomic E-state index is 12.6. The van der Waals surface area contributed by atoms with Crippen molar-refractivity contribution >= 4 is 17.7 Å². The van der Waals surface area contributed by atoms with Gasteiger partial charge in [0.25, 0.3) is 0 Å². The van der Waals surface area contributed by atoms with Gasteiger partial charge in [-0.25, -0.2) is 0 Å². The van der Waals surface area contributed by atoms with Crippen LogP contribution in [0.3, 0.4) is 0 Å². The summed E-state index contributed by atoms with van der Waals surface area (Å²) in [6.07, 6.45) is 37.3. The minimum absolute atomic E-state index is 0.00876. The second-order valence-corrected chi connectivity index (χ2v) is 15.3. The molecule has 5 nitrogen and oxygen atoms in total. The van der Waals surface area contributed by atoms with Gasteiger partial charge in [-0.1, -0.05) is 163 Å². The van der Waals surface area contributed by atoms with E-state index in [4.69, 9.17) is 9.47 Å². The van der Waals surface area contributed by atoms with Gasteiger partial charge in [-0.05, 0) is 63.7 Å². The lowest BCUT2D eigenvalue weighted by Gasteiger charge is -2.18. The van der Waals surface area contributed by atoms with Gasteiger partial charge in [-0.15, -0.1) is 0 Å². The molecule has 0 heterocycles. The number of carbonyl (C=O) groups is 3. The van der Waals surface area contributed by atoms with Crippen molar-refractivity contribution in [1.29, 1.82) is 0 Å². The Kier molecular flexibility index (Phi) is 36.8. The molecule has 0 amide bonds. The normalized spacial score (nSPS) is 12.0. The molecule has 0 N–H and O–H groups in total. The molecule has 0 saturated heterocycles. The van der Waals surface area contributed by atoms with Gasteiger partial charge in [0.05, 0.1) is 6.61 Å². The van der Waals surface area contributed by atoms with Gasteiger partial charge in [0.2, 0.25) is 0 Å². The predicted molar refractivity (Wildman–Crippen MR) is 209 cm³/mol. The van der Waals surface area contributed by atoms with Crippen LogP contribution in [0.5, 0.6) is 0 Å². The molecule has 0 aliphatic carbocycles. The molecule has 0 aromatic carbocycles. The molecular formula is C44H84O5. The third kappa shape index (κ3) is 36.2. The Bertz CT molecular complexity index is 719. The van der Waals surface area contributed by atoms with E-state index in [0.29, 0.717) is 44.0 Å². The minimum Gasteiger partial charge on any atom is -0.466 e. The summed E-state index contributed by atoms with van der Waals surface area (Å²) in [5.41, 5.74) is 0. The summed E-state index contributed by atoms with van der Waals surface area (Å²) in [4.78, 5) is 36.9. The Morgan fingerprint density at radius 3 is 1.27 bits per heavy atom.